The molecule has 0 bridgehead atoms. The Morgan fingerprint density at radius 1 is 1.22 bits per heavy atom. The molecule has 0 aliphatic carbocycles. The average molecular weight is 367 g/mol. The summed E-state index contributed by atoms with van der Waals surface area (Å²) in [5.74, 6) is 0.131. The zero-order chi connectivity index (χ0) is 19.4. The van der Waals surface area contributed by atoms with Gasteiger partial charge in [0.05, 0.1) is 12.8 Å². The van der Waals surface area contributed by atoms with Crippen LogP contribution in [0.5, 0.6) is 0 Å². The molecule has 7 nitrogen and oxygen atoms in total. The lowest BCUT2D eigenvalue weighted by molar-refractivity contribution is -0.143. The lowest BCUT2D eigenvalue weighted by Crippen LogP contribution is -2.17. The fourth-order valence-electron chi connectivity index (χ4n) is 2.93. The van der Waals surface area contributed by atoms with Crippen molar-refractivity contribution in [3.8, 4) is 0 Å². The minimum atomic E-state index is -0.424. The zero-order valence-corrected chi connectivity index (χ0v) is 15.5. The molecule has 2 aromatic heterocycles. The molecule has 1 amide bonds. The molecule has 0 aliphatic rings. The Labute approximate surface area is 156 Å². The Kier molecular flexibility index (Phi) is 5.40. The second kappa shape index (κ2) is 7.90. The lowest BCUT2D eigenvalue weighted by Gasteiger charge is -2.07. The Hall–Kier alpha value is -3.35. The SMILES string of the molecule is CCOC(=O)Cn1c(C)c(/C=N\NC(=O)c2ccc(C)o2)c2ccccc21. The number of nitrogens with one attached hydrogen (secondary N) is 1. The number of rotatable bonds is 6. The van der Waals surface area contributed by atoms with E-state index < -0.39 is 5.91 Å². The van der Waals surface area contributed by atoms with E-state index in [1.165, 1.54) is 0 Å². The van der Waals surface area contributed by atoms with E-state index in [-0.39, 0.29) is 18.3 Å². The van der Waals surface area contributed by atoms with Crippen LogP contribution in [0.15, 0.2) is 45.9 Å². The van der Waals surface area contributed by atoms with Crippen LogP contribution in [0.1, 0.15) is 34.5 Å². The monoisotopic (exact) mass is 367 g/mol. The van der Waals surface area contributed by atoms with Crippen molar-refractivity contribution in [2.24, 2.45) is 5.10 Å². The number of amides is 1. The van der Waals surface area contributed by atoms with Gasteiger partial charge in [0.25, 0.3) is 0 Å². The number of aromatic nitrogens is 1. The highest BCUT2D eigenvalue weighted by atomic mass is 16.5. The van der Waals surface area contributed by atoms with Crippen molar-refractivity contribution in [2.75, 3.05) is 6.61 Å². The van der Waals surface area contributed by atoms with Crippen LogP contribution in [0.2, 0.25) is 0 Å². The number of hydrogen-bond donors (Lipinski definition) is 1. The minimum absolute atomic E-state index is 0.117. The molecule has 0 saturated carbocycles. The lowest BCUT2D eigenvalue weighted by atomic mass is 10.1. The van der Waals surface area contributed by atoms with Crippen LogP contribution in [-0.4, -0.2) is 29.3 Å². The number of nitrogens with zero attached hydrogens (tertiary/aromatic N) is 2. The Morgan fingerprint density at radius 3 is 2.70 bits per heavy atom. The van der Waals surface area contributed by atoms with Crippen LogP contribution in [0.3, 0.4) is 0 Å². The van der Waals surface area contributed by atoms with E-state index in [1.54, 1.807) is 32.2 Å². The molecule has 0 atom stereocenters. The smallest absolute Gasteiger partial charge is 0.325 e. The number of hydrogen-bond acceptors (Lipinski definition) is 5. The third-order valence-corrected chi connectivity index (χ3v) is 4.20. The highest BCUT2D eigenvalue weighted by molar-refractivity contribution is 6.02. The molecule has 1 aromatic carbocycles. The van der Waals surface area contributed by atoms with E-state index in [9.17, 15) is 9.59 Å². The number of aryl methyl sites for hydroxylation is 1. The number of para-hydroxylation sites is 1. The largest absolute Gasteiger partial charge is 0.465 e. The van der Waals surface area contributed by atoms with E-state index in [0.29, 0.717) is 12.4 Å². The summed E-state index contributed by atoms with van der Waals surface area (Å²) < 4.78 is 12.2. The summed E-state index contributed by atoms with van der Waals surface area (Å²) >= 11 is 0. The topological polar surface area (TPSA) is 85.8 Å². The predicted molar refractivity (Wildman–Crippen MR) is 102 cm³/mol. The van der Waals surface area contributed by atoms with Gasteiger partial charge in [0.15, 0.2) is 5.76 Å². The van der Waals surface area contributed by atoms with Crippen molar-refractivity contribution in [2.45, 2.75) is 27.3 Å². The van der Waals surface area contributed by atoms with Crippen LogP contribution in [0.4, 0.5) is 0 Å². The molecule has 7 heteroatoms. The third kappa shape index (κ3) is 3.92. The molecule has 3 rings (SSSR count). The van der Waals surface area contributed by atoms with Gasteiger partial charge in [0.1, 0.15) is 12.3 Å². The third-order valence-electron chi connectivity index (χ3n) is 4.20. The van der Waals surface area contributed by atoms with E-state index in [1.807, 2.05) is 35.8 Å². The van der Waals surface area contributed by atoms with Gasteiger partial charge in [-0.1, -0.05) is 18.2 Å². The number of fused-ring (bicyclic) bond motifs is 1. The maximum Gasteiger partial charge on any atom is 0.325 e. The first-order valence-corrected chi connectivity index (χ1v) is 8.64. The van der Waals surface area contributed by atoms with Crippen molar-refractivity contribution in [3.63, 3.8) is 0 Å². The number of esters is 1. The van der Waals surface area contributed by atoms with Gasteiger partial charge in [-0.3, -0.25) is 9.59 Å². The normalized spacial score (nSPS) is 11.2. The van der Waals surface area contributed by atoms with Gasteiger partial charge in [-0.05, 0) is 39.0 Å². The zero-order valence-electron chi connectivity index (χ0n) is 15.5. The summed E-state index contributed by atoms with van der Waals surface area (Å²) in [7, 11) is 0. The molecule has 140 valence electrons. The molecule has 0 spiro atoms. The Balaban J connectivity index is 1.86. The summed E-state index contributed by atoms with van der Waals surface area (Å²) in [6, 6.07) is 11.0. The molecule has 1 N–H and O–H groups in total. The molecule has 27 heavy (non-hydrogen) atoms. The quantitative estimate of drug-likeness (QED) is 0.412. The second-order valence-electron chi connectivity index (χ2n) is 6.02. The summed E-state index contributed by atoms with van der Waals surface area (Å²) in [6.45, 7) is 5.90. The van der Waals surface area contributed by atoms with Crippen molar-refractivity contribution in [1.82, 2.24) is 9.99 Å². The molecular formula is C20H21N3O4. The van der Waals surface area contributed by atoms with E-state index in [0.717, 1.165) is 22.2 Å². The molecule has 2 heterocycles. The predicted octanol–water partition coefficient (Wildman–Crippen LogP) is 3.18. The second-order valence-corrected chi connectivity index (χ2v) is 6.02. The average Bonchev–Trinajstić information content (AvgIpc) is 3.19. The van der Waals surface area contributed by atoms with Gasteiger partial charge in [-0.25, -0.2) is 5.43 Å². The maximum absolute atomic E-state index is 12.0. The highest BCUT2D eigenvalue weighted by Gasteiger charge is 2.15. The van der Waals surface area contributed by atoms with Crippen LogP contribution in [0, 0.1) is 13.8 Å². The van der Waals surface area contributed by atoms with Crippen molar-refractivity contribution in [3.05, 3.63) is 59.2 Å². The molecular weight excluding hydrogens is 346 g/mol. The van der Waals surface area contributed by atoms with E-state index in [2.05, 4.69) is 10.5 Å². The number of ether oxygens (including phenoxy) is 1. The summed E-state index contributed by atoms with van der Waals surface area (Å²) in [5, 5.41) is 4.99. The molecule has 3 aromatic rings. The van der Waals surface area contributed by atoms with E-state index >= 15 is 0 Å². The van der Waals surface area contributed by atoms with Gasteiger partial charge in [-0.15, -0.1) is 0 Å². The number of furan rings is 1. The fourth-order valence-corrected chi connectivity index (χ4v) is 2.93. The summed E-state index contributed by atoms with van der Waals surface area (Å²) in [4.78, 5) is 24.0. The van der Waals surface area contributed by atoms with Crippen molar-refractivity contribution in [1.29, 1.82) is 0 Å². The number of hydrazone groups is 1. The summed E-state index contributed by atoms with van der Waals surface area (Å²) in [5.41, 5.74) is 5.04. The number of benzene rings is 1. The molecule has 0 fully saturated rings. The van der Waals surface area contributed by atoms with Crippen molar-refractivity contribution >= 4 is 29.0 Å². The van der Waals surface area contributed by atoms with Crippen LogP contribution in [0.25, 0.3) is 10.9 Å². The van der Waals surface area contributed by atoms with Gasteiger partial charge in [-0.2, -0.15) is 5.10 Å². The first kappa shape index (κ1) is 18.4. The highest BCUT2D eigenvalue weighted by Crippen LogP contribution is 2.24. The van der Waals surface area contributed by atoms with E-state index in [4.69, 9.17) is 9.15 Å². The molecule has 0 unspecified atom stereocenters. The Bertz CT molecular complexity index is 1010. The van der Waals surface area contributed by atoms with Gasteiger partial charge in [0, 0.05) is 22.2 Å². The van der Waals surface area contributed by atoms with Gasteiger partial charge >= 0.3 is 11.9 Å². The van der Waals surface area contributed by atoms with Crippen LogP contribution in [-0.2, 0) is 16.1 Å². The Morgan fingerprint density at radius 2 is 2.00 bits per heavy atom. The maximum atomic E-state index is 12.0. The van der Waals surface area contributed by atoms with Crippen LogP contribution < -0.4 is 5.43 Å². The first-order valence-electron chi connectivity index (χ1n) is 8.64. The fraction of sp³-hybridized carbons (Fsp3) is 0.250. The van der Waals surface area contributed by atoms with Crippen LogP contribution >= 0.6 is 0 Å². The number of carbonyl (C=O) groups excluding carboxylic acids is 2. The molecule has 0 aliphatic heterocycles. The number of carbonyl (C=O) groups is 2. The molecule has 0 radical (unpaired) electrons. The van der Waals surface area contributed by atoms with Gasteiger partial charge in [0.2, 0.25) is 0 Å². The summed E-state index contributed by atoms with van der Waals surface area (Å²) in [6.07, 6.45) is 1.58. The molecule has 0 saturated heterocycles. The first-order chi connectivity index (χ1) is 13.0. The van der Waals surface area contributed by atoms with Crippen molar-refractivity contribution < 1.29 is 18.7 Å². The minimum Gasteiger partial charge on any atom is -0.465 e. The standard InChI is InChI=1S/C20H21N3O4/c1-4-26-19(24)12-23-14(3)16(15-7-5-6-8-17(15)23)11-21-22-20(25)18-10-9-13(2)27-18/h5-11H,4,12H2,1-3H3,(H,22,25)/b21-11-. The van der Waals surface area contributed by atoms with Gasteiger partial charge < -0.3 is 13.7 Å².